The Morgan fingerprint density at radius 2 is 1.86 bits per heavy atom. The van der Waals surface area contributed by atoms with Crippen molar-refractivity contribution < 1.29 is 9.18 Å². The Bertz CT molecular complexity index is 872. The van der Waals surface area contributed by atoms with Gasteiger partial charge >= 0.3 is 12.1 Å². The van der Waals surface area contributed by atoms with Gasteiger partial charge in [0.1, 0.15) is 0 Å². The molecule has 0 radical (unpaired) electrons. The molecule has 1 aliphatic heterocycles. The first-order chi connectivity index (χ1) is 13.8. The average Bonchev–Trinajstić information content (AvgIpc) is 2.70. The standard InChI is InChI=1S/C20H24Cl2FN5O/c1-12(26-20(29)28(3)14-6-8-27(2)9-7-14)15-4-5-16(18(22)17(15)21)13-10-24-19(23)25-11-13/h4-5,10-12,14H,6-9H2,1-3H3,(H,26,29). The summed E-state index contributed by atoms with van der Waals surface area (Å²) in [6.45, 7) is 3.82. The van der Waals surface area contributed by atoms with E-state index in [-0.39, 0.29) is 18.1 Å². The van der Waals surface area contributed by atoms with Gasteiger partial charge in [-0.15, -0.1) is 0 Å². The molecule has 3 rings (SSSR count). The largest absolute Gasteiger partial charge is 0.331 e. The predicted octanol–water partition coefficient (Wildman–Crippen LogP) is 4.39. The Balaban J connectivity index is 1.72. The molecule has 0 bridgehead atoms. The summed E-state index contributed by atoms with van der Waals surface area (Å²) in [4.78, 5) is 23.8. The summed E-state index contributed by atoms with van der Waals surface area (Å²) in [6, 6.07) is 3.31. The van der Waals surface area contributed by atoms with Crippen molar-refractivity contribution in [2.45, 2.75) is 31.8 Å². The lowest BCUT2D eigenvalue weighted by Crippen LogP contribution is -2.48. The lowest BCUT2D eigenvalue weighted by molar-refractivity contribution is 0.146. The Hall–Kier alpha value is -1.96. The van der Waals surface area contributed by atoms with Crippen LogP contribution in [-0.4, -0.2) is 59.0 Å². The van der Waals surface area contributed by atoms with E-state index in [0.29, 0.717) is 26.7 Å². The van der Waals surface area contributed by atoms with Crippen LogP contribution in [0.15, 0.2) is 24.5 Å². The third-order valence-electron chi connectivity index (χ3n) is 5.41. The molecule has 1 unspecified atom stereocenters. The summed E-state index contributed by atoms with van der Waals surface area (Å²) in [5.74, 6) is 0. The molecule has 1 aromatic heterocycles. The van der Waals surface area contributed by atoms with E-state index in [1.54, 1.807) is 17.0 Å². The summed E-state index contributed by atoms with van der Waals surface area (Å²) in [7, 11) is 3.91. The maximum atomic E-state index is 13.0. The molecule has 0 saturated carbocycles. The van der Waals surface area contributed by atoms with Gasteiger partial charge in [0.15, 0.2) is 0 Å². The van der Waals surface area contributed by atoms with Gasteiger partial charge in [-0.1, -0.05) is 35.3 Å². The fourth-order valence-corrected chi connectivity index (χ4v) is 4.10. The van der Waals surface area contributed by atoms with Crippen molar-refractivity contribution in [3.8, 4) is 11.1 Å². The quantitative estimate of drug-likeness (QED) is 0.717. The van der Waals surface area contributed by atoms with Gasteiger partial charge in [-0.3, -0.25) is 0 Å². The monoisotopic (exact) mass is 439 g/mol. The van der Waals surface area contributed by atoms with Crippen molar-refractivity contribution in [3.05, 3.63) is 46.2 Å². The van der Waals surface area contributed by atoms with Crippen LogP contribution in [0.2, 0.25) is 10.0 Å². The summed E-state index contributed by atoms with van der Waals surface area (Å²) in [6.07, 6.45) is 3.80. The van der Waals surface area contributed by atoms with E-state index in [1.165, 1.54) is 12.4 Å². The van der Waals surface area contributed by atoms with E-state index in [0.717, 1.165) is 25.9 Å². The van der Waals surface area contributed by atoms with Gasteiger partial charge in [0.25, 0.3) is 0 Å². The molecule has 1 saturated heterocycles. The first-order valence-corrected chi connectivity index (χ1v) is 10.2. The van der Waals surface area contributed by atoms with E-state index >= 15 is 0 Å². The van der Waals surface area contributed by atoms with E-state index in [9.17, 15) is 9.18 Å². The number of urea groups is 1. The van der Waals surface area contributed by atoms with Crippen molar-refractivity contribution in [3.63, 3.8) is 0 Å². The Labute approximate surface area is 180 Å². The van der Waals surface area contributed by atoms with Gasteiger partial charge in [-0.05, 0) is 45.5 Å². The van der Waals surface area contributed by atoms with Gasteiger partial charge in [-0.2, -0.15) is 4.39 Å². The van der Waals surface area contributed by atoms with Gasteiger partial charge in [0.2, 0.25) is 0 Å². The first-order valence-electron chi connectivity index (χ1n) is 9.45. The number of hydrogen-bond acceptors (Lipinski definition) is 4. The molecule has 29 heavy (non-hydrogen) atoms. The molecule has 2 aromatic rings. The van der Waals surface area contributed by atoms with Crippen LogP contribution in [0, 0.1) is 6.08 Å². The minimum absolute atomic E-state index is 0.143. The molecule has 9 heteroatoms. The van der Waals surface area contributed by atoms with Crippen molar-refractivity contribution >= 4 is 29.2 Å². The molecule has 1 atom stereocenters. The maximum Gasteiger partial charge on any atom is 0.317 e. The highest BCUT2D eigenvalue weighted by molar-refractivity contribution is 6.44. The fourth-order valence-electron chi connectivity index (χ4n) is 3.49. The van der Waals surface area contributed by atoms with Crippen molar-refractivity contribution in [2.24, 2.45) is 0 Å². The highest BCUT2D eigenvalue weighted by Gasteiger charge is 2.25. The van der Waals surface area contributed by atoms with E-state index in [4.69, 9.17) is 23.2 Å². The number of rotatable bonds is 4. The number of hydrogen-bond donors (Lipinski definition) is 1. The summed E-state index contributed by atoms with van der Waals surface area (Å²) >= 11 is 12.9. The molecule has 0 spiro atoms. The van der Waals surface area contributed by atoms with E-state index in [1.807, 2.05) is 14.0 Å². The van der Waals surface area contributed by atoms with Crippen molar-refractivity contribution in [2.75, 3.05) is 27.2 Å². The van der Waals surface area contributed by atoms with Crippen LogP contribution in [0.5, 0.6) is 0 Å². The van der Waals surface area contributed by atoms with Crippen LogP contribution >= 0.6 is 23.2 Å². The zero-order valence-corrected chi connectivity index (χ0v) is 18.1. The molecule has 156 valence electrons. The van der Waals surface area contributed by atoms with Gasteiger partial charge in [-0.25, -0.2) is 14.8 Å². The fraction of sp³-hybridized carbons (Fsp3) is 0.450. The van der Waals surface area contributed by atoms with Crippen LogP contribution in [0.1, 0.15) is 31.4 Å². The second-order valence-electron chi connectivity index (χ2n) is 7.39. The van der Waals surface area contributed by atoms with E-state index in [2.05, 4.69) is 27.2 Å². The number of likely N-dealkylation sites (tertiary alicyclic amines) is 1. The van der Waals surface area contributed by atoms with E-state index < -0.39 is 6.08 Å². The highest BCUT2D eigenvalue weighted by Crippen LogP contribution is 2.37. The number of benzene rings is 1. The molecule has 0 aliphatic carbocycles. The molecule has 6 nitrogen and oxygen atoms in total. The predicted molar refractivity (Wildman–Crippen MR) is 113 cm³/mol. The highest BCUT2D eigenvalue weighted by atomic mass is 35.5. The van der Waals surface area contributed by atoms with Crippen molar-refractivity contribution in [1.82, 2.24) is 25.1 Å². The van der Waals surface area contributed by atoms with Crippen LogP contribution < -0.4 is 5.32 Å². The normalized spacial score (nSPS) is 16.5. The SMILES string of the molecule is CC(NC(=O)N(C)C1CCN(C)CC1)c1ccc(-c2cnc(F)nc2)c(Cl)c1Cl. The summed E-state index contributed by atoms with van der Waals surface area (Å²) in [5, 5.41) is 3.64. The number of piperidine rings is 1. The minimum Gasteiger partial charge on any atom is -0.331 e. The molecular formula is C20H24Cl2FN5O. The zero-order valence-electron chi connectivity index (χ0n) is 16.6. The number of carbonyl (C=O) groups excluding carboxylic acids is 1. The van der Waals surface area contributed by atoms with Gasteiger partial charge < -0.3 is 15.1 Å². The molecule has 1 aliphatic rings. The van der Waals surface area contributed by atoms with Crippen LogP contribution in [-0.2, 0) is 0 Å². The smallest absolute Gasteiger partial charge is 0.317 e. The topological polar surface area (TPSA) is 61.4 Å². The maximum absolute atomic E-state index is 13.0. The van der Waals surface area contributed by atoms with Crippen LogP contribution in [0.4, 0.5) is 9.18 Å². The number of nitrogens with one attached hydrogen (secondary N) is 1. The Morgan fingerprint density at radius 3 is 2.48 bits per heavy atom. The first kappa shape index (κ1) is 21.7. The number of amides is 2. The summed E-state index contributed by atoms with van der Waals surface area (Å²) in [5.41, 5.74) is 1.86. The molecular weight excluding hydrogens is 416 g/mol. The molecule has 1 fully saturated rings. The summed E-state index contributed by atoms with van der Waals surface area (Å²) < 4.78 is 13.0. The number of carbonyl (C=O) groups is 1. The lowest BCUT2D eigenvalue weighted by Gasteiger charge is -2.35. The lowest BCUT2D eigenvalue weighted by atomic mass is 10.0. The second kappa shape index (κ2) is 9.24. The third-order valence-corrected chi connectivity index (χ3v) is 6.30. The molecule has 1 aromatic carbocycles. The number of halogens is 3. The Morgan fingerprint density at radius 1 is 1.24 bits per heavy atom. The molecule has 2 amide bonds. The second-order valence-corrected chi connectivity index (χ2v) is 8.14. The van der Waals surface area contributed by atoms with Crippen LogP contribution in [0.25, 0.3) is 11.1 Å². The molecule has 2 heterocycles. The van der Waals surface area contributed by atoms with Gasteiger partial charge in [0, 0.05) is 36.6 Å². The average molecular weight is 440 g/mol. The third kappa shape index (κ3) is 4.97. The number of aromatic nitrogens is 2. The van der Waals surface area contributed by atoms with Gasteiger partial charge in [0.05, 0.1) is 16.1 Å². The Kier molecular flexibility index (Phi) is 6.93. The van der Waals surface area contributed by atoms with Crippen LogP contribution in [0.3, 0.4) is 0 Å². The molecule has 1 N–H and O–H groups in total. The number of nitrogens with zero attached hydrogens (tertiary/aromatic N) is 4. The van der Waals surface area contributed by atoms with Crippen molar-refractivity contribution in [1.29, 1.82) is 0 Å². The minimum atomic E-state index is -0.808. The zero-order chi connectivity index (χ0) is 21.1.